The van der Waals surface area contributed by atoms with Crippen molar-refractivity contribution in [3.63, 3.8) is 0 Å². The van der Waals surface area contributed by atoms with E-state index in [-0.39, 0.29) is 5.82 Å². The number of rotatable bonds is 6. The molecule has 3 rings (SSSR count). The normalized spacial score (nSPS) is 27.3. The summed E-state index contributed by atoms with van der Waals surface area (Å²) in [7, 11) is 1.55. The highest BCUT2D eigenvalue weighted by atomic mass is 16.6. The second-order valence-electron chi connectivity index (χ2n) is 6.49. The Bertz CT molecular complexity index is 879. The molecule has 4 N–H and O–H groups in total. The zero-order valence-corrected chi connectivity index (χ0v) is 16.1. The maximum absolute atomic E-state index is 10.5. The smallest absolute Gasteiger partial charge is 0.199 e. The lowest BCUT2D eigenvalue weighted by molar-refractivity contribution is -0.253. The predicted molar refractivity (Wildman–Crippen MR) is 104 cm³/mol. The van der Waals surface area contributed by atoms with Gasteiger partial charge in [-0.15, -0.1) is 5.10 Å². The lowest BCUT2D eigenvalue weighted by Crippen LogP contribution is -2.56. The summed E-state index contributed by atoms with van der Waals surface area (Å²) >= 11 is 0. The topological polar surface area (TPSA) is 142 Å². The fraction of sp³-hybridized carbons (Fsp3) is 0.421. The standard InChI is InChI=1S/C19H24N4O6/c1-4-20-10(2)17-21-18(11-5-7-12(28-3)8-6-11)23(22-17)19-16(27)15(26)14(25)13(9-24)29-19/h4-8,13-16,19,24-27H,2,9H2,1,3H3/t13-,14-,15+,16-,19?/m1/s1. The summed E-state index contributed by atoms with van der Waals surface area (Å²) < 4.78 is 12.1. The Labute approximate surface area is 167 Å². The van der Waals surface area contributed by atoms with Gasteiger partial charge in [0.2, 0.25) is 0 Å². The van der Waals surface area contributed by atoms with Crippen LogP contribution in [0.25, 0.3) is 17.1 Å². The zero-order chi connectivity index (χ0) is 21.1. The lowest BCUT2D eigenvalue weighted by Gasteiger charge is -2.40. The summed E-state index contributed by atoms with van der Waals surface area (Å²) in [4.78, 5) is 8.54. The molecule has 2 aromatic rings. The first-order chi connectivity index (χ1) is 13.9. The second kappa shape index (κ2) is 8.80. The van der Waals surface area contributed by atoms with Crippen LogP contribution in [0.5, 0.6) is 5.75 Å². The maximum atomic E-state index is 10.5. The Hall–Kier alpha value is -2.63. The predicted octanol–water partition coefficient (Wildman–Crippen LogP) is -0.0125. The molecule has 10 heteroatoms. The van der Waals surface area contributed by atoms with Crippen LogP contribution in [0.4, 0.5) is 0 Å². The van der Waals surface area contributed by atoms with Crippen molar-refractivity contribution < 1.29 is 29.9 Å². The van der Waals surface area contributed by atoms with Gasteiger partial charge < -0.3 is 29.9 Å². The van der Waals surface area contributed by atoms with Crippen LogP contribution in [0.2, 0.25) is 0 Å². The summed E-state index contributed by atoms with van der Waals surface area (Å²) in [6.07, 6.45) is -5.27. The number of aliphatic hydroxyl groups is 4. The van der Waals surface area contributed by atoms with E-state index in [9.17, 15) is 20.4 Å². The molecule has 0 amide bonds. The molecule has 0 saturated carbocycles. The molecule has 1 unspecified atom stereocenters. The van der Waals surface area contributed by atoms with Crippen molar-refractivity contribution in [3.05, 3.63) is 36.7 Å². The largest absolute Gasteiger partial charge is 0.497 e. The molecule has 1 aromatic carbocycles. The molecule has 10 nitrogen and oxygen atoms in total. The minimum Gasteiger partial charge on any atom is -0.497 e. The van der Waals surface area contributed by atoms with Crippen LogP contribution in [0, 0.1) is 0 Å². The third-order valence-electron chi connectivity index (χ3n) is 4.63. The summed E-state index contributed by atoms with van der Waals surface area (Å²) in [6, 6.07) is 6.97. The van der Waals surface area contributed by atoms with E-state index in [1.807, 2.05) is 0 Å². The Balaban J connectivity index is 2.09. The third kappa shape index (κ3) is 4.07. The molecule has 0 spiro atoms. The highest BCUT2D eigenvalue weighted by Gasteiger charge is 2.45. The molecule has 1 saturated heterocycles. The van der Waals surface area contributed by atoms with E-state index < -0.39 is 37.3 Å². The zero-order valence-electron chi connectivity index (χ0n) is 16.1. The first-order valence-electron chi connectivity index (χ1n) is 9.00. The van der Waals surface area contributed by atoms with Crippen LogP contribution in [-0.4, -0.2) is 79.5 Å². The number of methoxy groups -OCH3 is 1. The number of aromatic nitrogens is 3. The number of hydrogen-bond donors (Lipinski definition) is 4. The molecular weight excluding hydrogens is 380 g/mol. The van der Waals surface area contributed by atoms with Crippen LogP contribution in [-0.2, 0) is 4.74 Å². The van der Waals surface area contributed by atoms with Crippen molar-refractivity contribution in [1.29, 1.82) is 0 Å². The minimum atomic E-state index is -1.54. The highest BCUT2D eigenvalue weighted by Crippen LogP contribution is 2.32. The van der Waals surface area contributed by atoms with Crippen molar-refractivity contribution in [2.24, 2.45) is 4.99 Å². The molecule has 29 heavy (non-hydrogen) atoms. The van der Waals surface area contributed by atoms with E-state index in [1.165, 1.54) is 4.68 Å². The second-order valence-corrected chi connectivity index (χ2v) is 6.49. The van der Waals surface area contributed by atoms with Gasteiger partial charge in [-0.3, -0.25) is 4.99 Å². The third-order valence-corrected chi connectivity index (χ3v) is 4.63. The van der Waals surface area contributed by atoms with Crippen molar-refractivity contribution in [2.75, 3.05) is 13.7 Å². The fourth-order valence-corrected chi connectivity index (χ4v) is 3.06. The van der Waals surface area contributed by atoms with Crippen LogP contribution >= 0.6 is 0 Å². The van der Waals surface area contributed by atoms with E-state index in [2.05, 4.69) is 21.7 Å². The molecular formula is C19H24N4O6. The molecule has 0 radical (unpaired) electrons. The molecule has 0 bridgehead atoms. The average Bonchev–Trinajstić information content (AvgIpc) is 3.18. The van der Waals surface area contributed by atoms with Gasteiger partial charge in [0.15, 0.2) is 17.9 Å². The summed E-state index contributed by atoms with van der Waals surface area (Å²) in [6.45, 7) is 5.00. The van der Waals surface area contributed by atoms with Gasteiger partial charge in [-0.1, -0.05) is 6.58 Å². The van der Waals surface area contributed by atoms with Crippen LogP contribution in [0.15, 0.2) is 35.8 Å². The van der Waals surface area contributed by atoms with Gasteiger partial charge in [0.25, 0.3) is 0 Å². The molecule has 5 atom stereocenters. The Morgan fingerprint density at radius 3 is 2.52 bits per heavy atom. The SMILES string of the molecule is C=C(N=CC)c1nc(-c2ccc(OC)cc2)n(C2O[C@H](CO)[C@@H](O)[C@H](O)[C@H]2O)n1. The van der Waals surface area contributed by atoms with E-state index in [0.29, 0.717) is 22.8 Å². The van der Waals surface area contributed by atoms with E-state index in [0.717, 1.165) is 0 Å². The van der Waals surface area contributed by atoms with Gasteiger partial charge in [0, 0.05) is 11.8 Å². The summed E-state index contributed by atoms with van der Waals surface area (Å²) in [5, 5.41) is 44.5. The lowest BCUT2D eigenvalue weighted by atomic mass is 9.98. The van der Waals surface area contributed by atoms with Gasteiger partial charge in [-0.05, 0) is 31.2 Å². The van der Waals surface area contributed by atoms with Gasteiger partial charge in [-0.25, -0.2) is 9.67 Å². The van der Waals surface area contributed by atoms with Crippen LogP contribution in [0.1, 0.15) is 19.0 Å². The van der Waals surface area contributed by atoms with Gasteiger partial charge in [0.05, 0.1) is 13.7 Å². The monoisotopic (exact) mass is 404 g/mol. The number of hydrogen-bond acceptors (Lipinski definition) is 9. The number of aliphatic hydroxyl groups excluding tert-OH is 4. The fourth-order valence-electron chi connectivity index (χ4n) is 3.06. The summed E-state index contributed by atoms with van der Waals surface area (Å²) in [5.41, 5.74) is 0.931. The molecule has 1 fully saturated rings. The number of benzene rings is 1. The Morgan fingerprint density at radius 1 is 1.24 bits per heavy atom. The van der Waals surface area contributed by atoms with Gasteiger partial charge in [0.1, 0.15) is 35.9 Å². The van der Waals surface area contributed by atoms with Crippen molar-refractivity contribution in [1.82, 2.24) is 14.8 Å². The summed E-state index contributed by atoms with van der Waals surface area (Å²) in [5.74, 6) is 1.16. The number of ether oxygens (including phenoxy) is 2. The van der Waals surface area contributed by atoms with Gasteiger partial charge >= 0.3 is 0 Å². The van der Waals surface area contributed by atoms with Crippen molar-refractivity contribution in [3.8, 4) is 17.1 Å². The van der Waals surface area contributed by atoms with Crippen LogP contribution < -0.4 is 4.74 Å². The van der Waals surface area contributed by atoms with E-state index in [4.69, 9.17) is 9.47 Å². The first-order valence-corrected chi connectivity index (χ1v) is 9.00. The molecule has 156 valence electrons. The minimum absolute atomic E-state index is 0.200. The van der Waals surface area contributed by atoms with Crippen molar-refractivity contribution in [2.45, 2.75) is 37.6 Å². The van der Waals surface area contributed by atoms with Gasteiger partial charge in [-0.2, -0.15) is 0 Å². The molecule has 1 aliphatic heterocycles. The quantitative estimate of drug-likeness (QED) is 0.492. The van der Waals surface area contributed by atoms with E-state index >= 15 is 0 Å². The highest BCUT2D eigenvalue weighted by molar-refractivity contribution is 5.69. The number of nitrogens with zero attached hydrogens (tertiary/aromatic N) is 4. The molecule has 1 aromatic heterocycles. The molecule has 2 heterocycles. The Kier molecular flexibility index (Phi) is 6.40. The molecule has 1 aliphatic rings. The molecule has 0 aliphatic carbocycles. The van der Waals surface area contributed by atoms with Crippen molar-refractivity contribution >= 4 is 11.9 Å². The maximum Gasteiger partial charge on any atom is 0.199 e. The van der Waals surface area contributed by atoms with E-state index in [1.54, 1.807) is 44.5 Å². The first kappa shape index (κ1) is 21.1. The average molecular weight is 404 g/mol. The van der Waals surface area contributed by atoms with Crippen LogP contribution in [0.3, 0.4) is 0 Å². The Morgan fingerprint density at radius 2 is 1.93 bits per heavy atom. The number of aliphatic imine (C=N–C) groups is 1.